The van der Waals surface area contributed by atoms with Crippen molar-refractivity contribution < 1.29 is 14.6 Å². The molecule has 0 radical (unpaired) electrons. The number of hydrogen-bond donors (Lipinski definition) is 1. The average Bonchev–Trinajstić information content (AvgIpc) is 2.53. The number of ether oxygens (including phenoxy) is 2. The Labute approximate surface area is 138 Å². The summed E-state index contributed by atoms with van der Waals surface area (Å²) in [5.74, 6) is 2.00. The number of aliphatic hydroxyl groups excluding tert-OH is 1. The molecule has 124 valence electrons. The van der Waals surface area contributed by atoms with Crippen LogP contribution in [-0.2, 0) is 0 Å². The summed E-state index contributed by atoms with van der Waals surface area (Å²) in [6.45, 7) is 8.25. The predicted octanol–water partition coefficient (Wildman–Crippen LogP) is 4.53. The first-order chi connectivity index (χ1) is 10.9. The van der Waals surface area contributed by atoms with Crippen molar-refractivity contribution in [1.82, 2.24) is 0 Å². The molecule has 0 fully saturated rings. The van der Waals surface area contributed by atoms with Crippen molar-refractivity contribution in [2.45, 2.75) is 39.7 Å². The van der Waals surface area contributed by atoms with Gasteiger partial charge in [-0.3, -0.25) is 0 Å². The molecule has 0 bridgehead atoms. The molecule has 23 heavy (non-hydrogen) atoms. The second-order valence-electron chi connectivity index (χ2n) is 6.23. The van der Waals surface area contributed by atoms with E-state index in [4.69, 9.17) is 9.47 Å². The number of aryl methyl sites for hydroxylation is 2. The molecule has 0 heterocycles. The van der Waals surface area contributed by atoms with Crippen LogP contribution in [0.25, 0.3) is 0 Å². The van der Waals surface area contributed by atoms with Crippen molar-refractivity contribution in [3.63, 3.8) is 0 Å². The lowest BCUT2D eigenvalue weighted by Crippen LogP contribution is -2.06. The first-order valence-corrected chi connectivity index (χ1v) is 7.90. The van der Waals surface area contributed by atoms with Crippen LogP contribution in [0.1, 0.15) is 53.7 Å². The first kappa shape index (κ1) is 17.4. The van der Waals surface area contributed by atoms with Gasteiger partial charge in [0.05, 0.1) is 14.2 Å². The van der Waals surface area contributed by atoms with Crippen LogP contribution in [0.2, 0.25) is 0 Å². The van der Waals surface area contributed by atoms with Crippen molar-refractivity contribution >= 4 is 0 Å². The maximum Gasteiger partial charge on any atom is 0.122 e. The van der Waals surface area contributed by atoms with Gasteiger partial charge in [-0.2, -0.15) is 0 Å². The third-order valence-corrected chi connectivity index (χ3v) is 4.27. The van der Waals surface area contributed by atoms with Crippen LogP contribution in [-0.4, -0.2) is 19.3 Å². The highest BCUT2D eigenvalue weighted by Crippen LogP contribution is 2.34. The zero-order valence-corrected chi connectivity index (χ0v) is 14.8. The molecule has 0 saturated carbocycles. The van der Waals surface area contributed by atoms with Crippen LogP contribution >= 0.6 is 0 Å². The number of hydrogen-bond acceptors (Lipinski definition) is 3. The van der Waals surface area contributed by atoms with E-state index in [1.54, 1.807) is 14.2 Å². The van der Waals surface area contributed by atoms with Gasteiger partial charge < -0.3 is 14.6 Å². The summed E-state index contributed by atoms with van der Waals surface area (Å²) in [5, 5.41) is 10.9. The molecule has 2 aromatic carbocycles. The summed E-state index contributed by atoms with van der Waals surface area (Å²) in [6.07, 6.45) is -0.663. The quantitative estimate of drug-likeness (QED) is 0.881. The van der Waals surface area contributed by atoms with Crippen LogP contribution in [0.5, 0.6) is 11.5 Å². The second-order valence-corrected chi connectivity index (χ2v) is 6.23. The summed E-state index contributed by atoms with van der Waals surface area (Å²) in [6, 6.07) is 9.81. The molecule has 2 rings (SSSR count). The smallest absolute Gasteiger partial charge is 0.122 e. The van der Waals surface area contributed by atoms with Crippen molar-refractivity contribution in [2.75, 3.05) is 14.2 Å². The van der Waals surface area contributed by atoms with Crippen molar-refractivity contribution in [3.8, 4) is 11.5 Å². The van der Waals surface area contributed by atoms with Gasteiger partial charge in [0.25, 0.3) is 0 Å². The molecule has 1 atom stereocenters. The highest BCUT2D eigenvalue weighted by molar-refractivity contribution is 5.48. The Balaban J connectivity index is 2.49. The largest absolute Gasteiger partial charge is 0.497 e. The van der Waals surface area contributed by atoms with Gasteiger partial charge >= 0.3 is 0 Å². The van der Waals surface area contributed by atoms with E-state index in [9.17, 15) is 5.11 Å². The van der Waals surface area contributed by atoms with E-state index < -0.39 is 6.10 Å². The lowest BCUT2D eigenvalue weighted by Gasteiger charge is -2.20. The van der Waals surface area contributed by atoms with Crippen LogP contribution < -0.4 is 9.47 Å². The van der Waals surface area contributed by atoms with Gasteiger partial charge in [-0.1, -0.05) is 19.9 Å². The Morgan fingerprint density at radius 2 is 1.52 bits per heavy atom. The molecule has 0 saturated heterocycles. The summed E-state index contributed by atoms with van der Waals surface area (Å²) in [4.78, 5) is 0. The van der Waals surface area contributed by atoms with E-state index in [0.717, 1.165) is 39.3 Å². The second kappa shape index (κ2) is 7.05. The highest BCUT2D eigenvalue weighted by Gasteiger charge is 2.19. The Bertz CT molecular complexity index is 666. The molecule has 0 aromatic heterocycles. The standard InChI is InChI=1S/C20H26O3/c1-12(2)17-11-15(7-8-18(17)23-6)20(21)19-13(3)9-16(22-5)10-14(19)4/h7-12,20-21H,1-6H3. The summed E-state index contributed by atoms with van der Waals surface area (Å²) < 4.78 is 10.7. The average molecular weight is 314 g/mol. The molecule has 0 aliphatic rings. The lowest BCUT2D eigenvalue weighted by molar-refractivity contribution is 0.218. The SMILES string of the molecule is COc1cc(C)c(C(O)c2ccc(OC)c(C(C)C)c2)c(C)c1. The van der Waals surface area contributed by atoms with Crippen molar-refractivity contribution in [2.24, 2.45) is 0 Å². The molecule has 3 heteroatoms. The number of methoxy groups -OCH3 is 2. The lowest BCUT2D eigenvalue weighted by atomic mass is 9.90. The topological polar surface area (TPSA) is 38.7 Å². The van der Waals surface area contributed by atoms with E-state index in [1.807, 2.05) is 44.2 Å². The Morgan fingerprint density at radius 1 is 0.913 bits per heavy atom. The van der Waals surface area contributed by atoms with E-state index in [2.05, 4.69) is 13.8 Å². The number of benzene rings is 2. The minimum absolute atomic E-state index is 0.329. The van der Waals surface area contributed by atoms with Gasteiger partial charge in [-0.05, 0) is 71.8 Å². The minimum atomic E-state index is -0.663. The summed E-state index contributed by atoms with van der Waals surface area (Å²) in [7, 11) is 3.33. The number of aliphatic hydroxyl groups is 1. The van der Waals surface area contributed by atoms with Crippen molar-refractivity contribution in [3.05, 3.63) is 58.1 Å². The van der Waals surface area contributed by atoms with Crippen molar-refractivity contribution in [1.29, 1.82) is 0 Å². The van der Waals surface area contributed by atoms with Gasteiger partial charge in [-0.25, -0.2) is 0 Å². The molecule has 2 aromatic rings. The van der Waals surface area contributed by atoms with Gasteiger partial charge in [0.2, 0.25) is 0 Å². The molecule has 0 aliphatic carbocycles. The number of rotatable bonds is 5. The van der Waals surface area contributed by atoms with E-state index in [-0.39, 0.29) is 0 Å². The monoisotopic (exact) mass is 314 g/mol. The minimum Gasteiger partial charge on any atom is -0.497 e. The Morgan fingerprint density at radius 3 is 2.00 bits per heavy atom. The van der Waals surface area contributed by atoms with E-state index in [0.29, 0.717) is 5.92 Å². The van der Waals surface area contributed by atoms with Crippen LogP contribution in [0.15, 0.2) is 30.3 Å². The van der Waals surface area contributed by atoms with Gasteiger partial charge in [0.15, 0.2) is 0 Å². The van der Waals surface area contributed by atoms with Crippen LogP contribution in [0.3, 0.4) is 0 Å². The molecule has 3 nitrogen and oxygen atoms in total. The van der Waals surface area contributed by atoms with E-state index in [1.165, 1.54) is 0 Å². The zero-order chi connectivity index (χ0) is 17.1. The molecule has 1 N–H and O–H groups in total. The summed E-state index contributed by atoms with van der Waals surface area (Å²) >= 11 is 0. The maximum atomic E-state index is 10.9. The third kappa shape index (κ3) is 3.50. The first-order valence-electron chi connectivity index (χ1n) is 7.90. The van der Waals surface area contributed by atoms with Gasteiger partial charge in [0.1, 0.15) is 17.6 Å². The van der Waals surface area contributed by atoms with Crippen LogP contribution in [0.4, 0.5) is 0 Å². The zero-order valence-electron chi connectivity index (χ0n) is 14.8. The molecule has 0 aliphatic heterocycles. The van der Waals surface area contributed by atoms with Crippen LogP contribution in [0, 0.1) is 13.8 Å². The molecule has 1 unspecified atom stereocenters. The van der Waals surface area contributed by atoms with E-state index >= 15 is 0 Å². The van der Waals surface area contributed by atoms with Gasteiger partial charge in [-0.15, -0.1) is 0 Å². The predicted molar refractivity (Wildman–Crippen MR) is 93.6 cm³/mol. The fourth-order valence-corrected chi connectivity index (χ4v) is 3.02. The molecule has 0 amide bonds. The Kier molecular flexibility index (Phi) is 5.32. The van der Waals surface area contributed by atoms with Gasteiger partial charge in [0, 0.05) is 0 Å². The highest BCUT2D eigenvalue weighted by atomic mass is 16.5. The molecule has 0 spiro atoms. The summed E-state index contributed by atoms with van der Waals surface area (Å²) in [5.41, 5.74) is 4.97. The molecular formula is C20H26O3. The fourth-order valence-electron chi connectivity index (χ4n) is 3.02. The Hall–Kier alpha value is -2.00. The fraction of sp³-hybridized carbons (Fsp3) is 0.400. The maximum absolute atomic E-state index is 10.9. The normalized spacial score (nSPS) is 12.3. The third-order valence-electron chi connectivity index (χ3n) is 4.27. The molecular weight excluding hydrogens is 288 g/mol.